The first-order chi connectivity index (χ1) is 5.83. The van der Waals surface area contributed by atoms with E-state index in [0.717, 1.165) is 13.1 Å². The van der Waals surface area contributed by atoms with Crippen molar-refractivity contribution >= 4 is 0 Å². The highest BCUT2D eigenvalue weighted by atomic mass is 19.1. The van der Waals surface area contributed by atoms with Crippen molar-refractivity contribution in [2.75, 3.05) is 32.8 Å². The largest absolute Gasteiger partial charge is 0.379 e. The molecule has 1 aliphatic rings. The molecule has 1 atom stereocenters. The van der Waals surface area contributed by atoms with Crippen molar-refractivity contribution in [3.8, 4) is 0 Å². The van der Waals surface area contributed by atoms with Gasteiger partial charge in [-0.05, 0) is 32.9 Å². The van der Waals surface area contributed by atoms with Crippen molar-refractivity contribution in [2.45, 2.75) is 25.9 Å². The molecular weight excluding hydrogens is 157 g/mol. The van der Waals surface area contributed by atoms with Crippen LogP contribution in [-0.2, 0) is 4.74 Å². The van der Waals surface area contributed by atoms with Gasteiger partial charge in [-0.3, -0.25) is 0 Å². The van der Waals surface area contributed by atoms with Crippen molar-refractivity contribution in [1.29, 1.82) is 0 Å². The van der Waals surface area contributed by atoms with Gasteiger partial charge in [0.15, 0.2) is 0 Å². The molecule has 0 N–H and O–H groups in total. The number of hydrogen-bond acceptors (Lipinski definition) is 2. The van der Waals surface area contributed by atoms with Gasteiger partial charge >= 0.3 is 0 Å². The van der Waals surface area contributed by atoms with E-state index in [2.05, 4.69) is 4.90 Å². The number of halogens is 1. The molecule has 72 valence electrons. The summed E-state index contributed by atoms with van der Waals surface area (Å²) in [5.41, 5.74) is 0. The Morgan fingerprint density at radius 3 is 2.67 bits per heavy atom. The van der Waals surface area contributed by atoms with E-state index >= 15 is 0 Å². The van der Waals surface area contributed by atoms with E-state index in [9.17, 15) is 4.39 Å². The Morgan fingerprint density at radius 2 is 2.08 bits per heavy atom. The fourth-order valence-electron chi connectivity index (χ4n) is 1.54. The summed E-state index contributed by atoms with van der Waals surface area (Å²) in [6.45, 7) is 5.44. The van der Waals surface area contributed by atoms with E-state index in [0.29, 0.717) is 13.2 Å². The molecule has 0 saturated carbocycles. The van der Waals surface area contributed by atoms with Gasteiger partial charge in [-0.2, -0.15) is 0 Å². The molecule has 3 heteroatoms. The van der Waals surface area contributed by atoms with Gasteiger partial charge in [0.1, 0.15) is 6.17 Å². The molecule has 0 spiro atoms. The smallest absolute Gasteiger partial charge is 0.136 e. The molecule has 12 heavy (non-hydrogen) atoms. The maximum Gasteiger partial charge on any atom is 0.136 e. The fourth-order valence-corrected chi connectivity index (χ4v) is 1.54. The molecule has 1 saturated heterocycles. The van der Waals surface area contributed by atoms with Crippen molar-refractivity contribution in [3.05, 3.63) is 0 Å². The van der Waals surface area contributed by atoms with Gasteiger partial charge in [-0.25, -0.2) is 4.39 Å². The highest BCUT2D eigenvalue weighted by Gasteiger charge is 2.16. The van der Waals surface area contributed by atoms with E-state index in [1.165, 1.54) is 12.8 Å². The Hall–Kier alpha value is -0.150. The van der Waals surface area contributed by atoms with Gasteiger partial charge in [0, 0.05) is 13.2 Å². The summed E-state index contributed by atoms with van der Waals surface area (Å²) in [6.07, 6.45) is 1.64. The molecule has 0 amide bonds. The Kier molecular flexibility index (Phi) is 4.54. The van der Waals surface area contributed by atoms with Gasteiger partial charge < -0.3 is 9.64 Å². The Morgan fingerprint density at radius 1 is 1.42 bits per heavy atom. The SMILES string of the molecule is CCOCC(F)CN1CCCC1. The zero-order valence-electron chi connectivity index (χ0n) is 7.76. The number of ether oxygens (including phenoxy) is 1. The van der Waals surface area contributed by atoms with Crippen molar-refractivity contribution in [3.63, 3.8) is 0 Å². The first-order valence-corrected chi connectivity index (χ1v) is 4.77. The fraction of sp³-hybridized carbons (Fsp3) is 1.00. The van der Waals surface area contributed by atoms with Gasteiger partial charge in [-0.15, -0.1) is 0 Å². The summed E-state index contributed by atoms with van der Waals surface area (Å²) in [5.74, 6) is 0. The molecule has 0 radical (unpaired) electrons. The first-order valence-electron chi connectivity index (χ1n) is 4.77. The lowest BCUT2D eigenvalue weighted by atomic mass is 10.4. The van der Waals surface area contributed by atoms with Crippen LogP contribution in [0.3, 0.4) is 0 Å². The summed E-state index contributed by atoms with van der Waals surface area (Å²) in [5, 5.41) is 0. The van der Waals surface area contributed by atoms with E-state index < -0.39 is 6.17 Å². The van der Waals surface area contributed by atoms with Crippen LogP contribution in [0.4, 0.5) is 4.39 Å². The minimum Gasteiger partial charge on any atom is -0.379 e. The summed E-state index contributed by atoms with van der Waals surface area (Å²) < 4.78 is 18.1. The average Bonchev–Trinajstić information content (AvgIpc) is 2.53. The van der Waals surface area contributed by atoms with Gasteiger partial charge in [0.2, 0.25) is 0 Å². The number of nitrogens with zero attached hydrogens (tertiary/aromatic N) is 1. The van der Waals surface area contributed by atoms with E-state index in [-0.39, 0.29) is 6.61 Å². The number of alkyl halides is 1. The Bertz CT molecular complexity index is 115. The van der Waals surface area contributed by atoms with Crippen LogP contribution in [0.1, 0.15) is 19.8 Å². The van der Waals surface area contributed by atoms with Crippen LogP contribution in [0.25, 0.3) is 0 Å². The zero-order valence-corrected chi connectivity index (χ0v) is 7.76. The summed E-state index contributed by atoms with van der Waals surface area (Å²) >= 11 is 0. The highest BCUT2D eigenvalue weighted by Crippen LogP contribution is 2.08. The number of likely N-dealkylation sites (tertiary alicyclic amines) is 1. The summed E-state index contributed by atoms with van der Waals surface area (Å²) in [7, 11) is 0. The molecule has 0 aliphatic carbocycles. The average molecular weight is 175 g/mol. The van der Waals surface area contributed by atoms with Crippen molar-refractivity contribution in [1.82, 2.24) is 4.90 Å². The third-order valence-corrected chi connectivity index (χ3v) is 2.16. The van der Waals surface area contributed by atoms with Gasteiger partial charge in [-0.1, -0.05) is 0 Å². The second-order valence-corrected chi connectivity index (χ2v) is 3.26. The minimum absolute atomic E-state index is 0.257. The van der Waals surface area contributed by atoms with Crippen LogP contribution < -0.4 is 0 Å². The normalized spacial score (nSPS) is 21.5. The molecule has 0 bridgehead atoms. The topological polar surface area (TPSA) is 12.5 Å². The van der Waals surface area contributed by atoms with Crippen LogP contribution in [0.5, 0.6) is 0 Å². The van der Waals surface area contributed by atoms with Crippen molar-refractivity contribution < 1.29 is 9.13 Å². The van der Waals surface area contributed by atoms with E-state index in [1.807, 2.05) is 6.92 Å². The lowest BCUT2D eigenvalue weighted by Gasteiger charge is -2.17. The second kappa shape index (κ2) is 5.49. The van der Waals surface area contributed by atoms with Gasteiger partial charge in [0.25, 0.3) is 0 Å². The van der Waals surface area contributed by atoms with Crippen molar-refractivity contribution in [2.24, 2.45) is 0 Å². The Labute approximate surface area is 73.7 Å². The van der Waals surface area contributed by atoms with Crippen LogP contribution in [0, 0.1) is 0 Å². The summed E-state index contributed by atoms with van der Waals surface area (Å²) in [4.78, 5) is 2.17. The van der Waals surface area contributed by atoms with E-state index in [4.69, 9.17) is 4.74 Å². The molecule has 2 nitrogen and oxygen atoms in total. The zero-order chi connectivity index (χ0) is 8.81. The highest BCUT2D eigenvalue weighted by molar-refractivity contribution is 4.69. The maximum absolute atomic E-state index is 13.1. The number of hydrogen-bond donors (Lipinski definition) is 0. The first kappa shape index (κ1) is 9.93. The van der Waals surface area contributed by atoms with Crippen LogP contribution in [0.15, 0.2) is 0 Å². The van der Waals surface area contributed by atoms with Crippen LogP contribution in [-0.4, -0.2) is 43.9 Å². The molecular formula is C9H18FNO. The third-order valence-electron chi connectivity index (χ3n) is 2.16. The third kappa shape index (κ3) is 3.50. The quantitative estimate of drug-likeness (QED) is 0.627. The van der Waals surface area contributed by atoms with E-state index in [1.54, 1.807) is 0 Å². The standard InChI is InChI=1S/C9H18FNO/c1-2-12-8-9(10)7-11-5-3-4-6-11/h9H,2-8H2,1H3. The molecule has 1 aliphatic heterocycles. The molecule has 0 aromatic heterocycles. The maximum atomic E-state index is 13.1. The van der Waals surface area contributed by atoms with Crippen LogP contribution >= 0.6 is 0 Å². The molecule has 1 heterocycles. The molecule has 0 aromatic carbocycles. The Balaban J connectivity index is 2.03. The monoisotopic (exact) mass is 175 g/mol. The molecule has 1 fully saturated rings. The summed E-state index contributed by atoms with van der Waals surface area (Å²) in [6, 6.07) is 0. The minimum atomic E-state index is -0.803. The second-order valence-electron chi connectivity index (χ2n) is 3.26. The predicted octanol–water partition coefficient (Wildman–Crippen LogP) is 1.46. The molecule has 0 aromatic rings. The molecule has 1 unspecified atom stereocenters. The van der Waals surface area contributed by atoms with Gasteiger partial charge in [0.05, 0.1) is 6.61 Å². The van der Waals surface area contributed by atoms with Crippen LogP contribution in [0.2, 0.25) is 0 Å². The lowest BCUT2D eigenvalue weighted by Crippen LogP contribution is -2.30. The number of rotatable bonds is 5. The lowest BCUT2D eigenvalue weighted by molar-refractivity contribution is 0.0728. The predicted molar refractivity (Wildman–Crippen MR) is 47.1 cm³/mol. The molecule has 1 rings (SSSR count).